The Labute approximate surface area is 193 Å². The lowest BCUT2D eigenvalue weighted by Gasteiger charge is -2.30. The van der Waals surface area contributed by atoms with E-state index in [1.165, 1.54) is 6.07 Å². The Hall–Kier alpha value is -2.97. The van der Waals surface area contributed by atoms with Gasteiger partial charge < -0.3 is 25.0 Å². The summed E-state index contributed by atoms with van der Waals surface area (Å²) in [4.78, 5) is 11.5. The van der Waals surface area contributed by atoms with Crippen LogP contribution in [-0.4, -0.2) is 42.9 Å². The molecular weight excluding hydrogens is 421 g/mol. The van der Waals surface area contributed by atoms with Crippen molar-refractivity contribution in [2.75, 3.05) is 31.1 Å². The number of ether oxygens (including phenoxy) is 2. The molecule has 5 rings (SSSR count). The predicted molar refractivity (Wildman–Crippen MR) is 127 cm³/mol. The number of nitrogens with one attached hydrogen (secondary N) is 2. The van der Waals surface area contributed by atoms with Crippen LogP contribution in [0.25, 0.3) is 10.9 Å². The third-order valence-electron chi connectivity index (χ3n) is 6.40. The molecular formula is C25H30FN5O2. The maximum absolute atomic E-state index is 14.0. The van der Waals surface area contributed by atoms with Gasteiger partial charge in [0.05, 0.1) is 12.1 Å². The van der Waals surface area contributed by atoms with Gasteiger partial charge in [-0.25, -0.2) is 9.37 Å². The molecule has 174 valence electrons. The van der Waals surface area contributed by atoms with E-state index in [-0.39, 0.29) is 12.6 Å². The maximum Gasteiger partial charge on any atom is 0.225 e. The number of aromatic nitrogens is 2. The van der Waals surface area contributed by atoms with E-state index in [0.29, 0.717) is 31.2 Å². The number of anilines is 2. The molecule has 0 radical (unpaired) electrons. The van der Waals surface area contributed by atoms with Crippen molar-refractivity contribution in [2.24, 2.45) is 0 Å². The lowest BCUT2D eigenvalue weighted by atomic mass is 9.91. The number of para-hydroxylation sites is 1. The molecule has 1 fully saturated rings. The second kappa shape index (κ2) is 9.49. The van der Waals surface area contributed by atoms with Crippen LogP contribution in [0, 0.1) is 5.82 Å². The number of hydrogen-bond acceptors (Lipinski definition) is 7. The minimum atomic E-state index is -0.250. The Bertz CT molecular complexity index is 1130. The summed E-state index contributed by atoms with van der Waals surface area (Å²) in [7, 11) is 4.01. The molecule has 2 N–H and O–H groups in total. The predicted octanol–water partition coefficient (Wildman–Crippen LogP) is 4.21. The van der Waals surface area contributed by atoms with Crippen molar-refractivity contribution in [1.82, 2.24) is 15.3 Å². The Morgan fingerprint density at radius 1 is 1.06 bits per heavy atom. The summed E-state index contributed by atoms with van der Waals surface area (Å²) in [6.45, 7) is 1.20. The number of halogens is 1. The molecule has 3 aromatic rings. The Morgan fingerprint density at radius 2 is 1.85 bits per heavy atom. The monoisotopic (exact) mass is 451 g/mol. The first-order chi connectivity index (χ1) is 16.1. The molecule has 0 bridgehead atoms. The summed E-state index contributed by atoms with van der Waals surface area (Å²) in [6.07, 6.45) is 4.12. The van der Waals surface area contributed by atoms with E-state index < -0.39 is 0 Å². The van der Waals surface area contributed by atoms with Crippen LogP contribution in [0.3, 0.4) is 0 Å². The molecule has 0 saturated heterocycles. The Morgan fingerprint density at radius 3 is 2.67 bits per heavy atom. The first-order valence-electron chi connectivity index (χ1n) is 11.5. The summed E-state index contributed by atoms with van der Waals surface area (Å²) >= 11 is 0. The molecule has 1 saturated carbocycles. The lowest BCUT2D eigenvalue weighted by Crippen LogP contribution is -2.37. The molecule has 33 heavy (non-hydrogen) atoms. The van der Waals surface area contributed by atoms with E-state index in [0.717, 1.165) is 59.3 Å². The van der Waals surface area contributed by atoms with E-state index in [9.17, 15) is 4.39 Å². The van der Waals surface area contributed by atoms with E-state index >= 15 is 0 Å². The summed E-state index contributed by atoms with van der Waals surface area (Å²) in [5, 5.41) is 8.20. The summed E-state index contributed by atoms with van der Waals surface area (Å²) in [6, 6.07) is 11.9. The lowest BCUT2D eigenvalue weighted by molar-refractivity contribution is -0.0173. The van der Waals surface area contributed by atoms with Crippen LogP contribution in [0.1, 0.15) is 36.8 Å². The third kappa shape index (κ3) is 4.86. The number of rotatable bonds is 6. The van der Waals surface area contributed by atoms with Crippen LogP contribution in [0.15, 0.2) is 36.4 Å². The molecule has 2 aliphatic rings. The van der Waals surface area contributed by atoms with Gasteiger partial charge in [-0.15, -0.1) is 0 Å². The van der Waals surface area contributed by atoms with Crippen LogP contribution < -0.4 is 20.3 Å². The fraction of sp³-hybridized carbons (Fsp3) is 0.440. The third-order valence-corrected chi connectivity index (χ3v) is 6.40. The van der Waals surface area contributed by atoms with Crippen molar-refractivity contribution in [1.29, 1.82) is 0 Å². The standard InChI is InChI=1S/C25H30FN5O2/c1-31(2)24-21-5-3-4-6-22(21)29-25(30-24)28-20-9-7-19(8-10-20)27-13-16-11-18(26)12-17-14-32-15-33-23(16)17/h3-6,11-12,19-20,27H,7-10,13-15H2,1-2H3,(H,28,29,30)/t19-,20+. The van der Waals surface area contributed by atoms with Crippen LogP contribution >= 0.6 is 0 Å². The summed E-state index contributed by atoms with van der Waals surface area (Å²) in [5.41, 5.74) is 2.58. The van der Waals surface area contributed by atoms with Gasteiger partial charge in [-0.2, -0.15) is 4.98 Å². The van der Waals surface area contributed by atoms with Gasteiger partial charge in [0, 0.05) is 49.2 Å². The fourth-order valence-electron chi connectivity index (χ4n) is 4.73. The average molecular weight is 452 g/mol. The Kier molecular flexibility index (Phi) is 6.28. The minimum Gasteiger partial charge on any atom is -0.467 e. The van der Waals surface area contributed by atoms with E-state index in [4.69, 9.17) is 19.4 Å². The zero-order chi connectivity index (χ0) is 22.8. The van der Waals surface area contributed by atoms with Gasteiger partial charge in [-0.3, -0.25) is 0 Å². The van der Waals surface area contributed by atoms with Crippen molar-refractivity contribution in [2.45, 2.75) is 50.9 Å². The second-order valence-electron chi connectivity index (χ2n) is 9.02. The maximum atomic E-state index is 14.0. The van der Waals surface area contributed by atoms with E-state index in [2.05, 4.69) is 16.7 Å². The van der Waals surface area contributed by atoms with Crippen molar-refractivity contribution in [3.05, 3.63) is 53.3 Å². The molecule has 8 heteroatoms. The zero-order valence-electron chi connectivity index (χ0n) is 19.1. The quantitative estimate of drug-likeness (QED) is 0.582. The largest absolute Gasteiger partial charge is 0.467 e. The highest BCUT2D eigenvalue weighted by molar-refractivity contribution is 5.90. The highest BCUT2D eigenvalue weighted by atomic mass is 19.1. The molecule has 1 aliphatic heterocycles. The molecule has 0 amide bonds. The van der Waals surface area contributed by atoms with Crippen LogP contribution in [0.2, 0.25) is 0 Å². The van der Waals surface area contributed by atoms with Crippen molar-refractivity contribution < 1.29 is 13.9 Å². The van der Waals surface area contributed by atoms with Crippen LogP contribution in [0.4, 0.5) is 16.2 Å². The second-order valence-corrected chi connectivity index (χ2v) is 9.02. The SMILES string of the molecule is CN(C)c1nc(N[C@H]2CC[C@@H](NCc3cc(F)cc4c3OCOC4)CC2)nc2ccccc12. The highest BCUT2D eigenvalue weighted by Crippen LogP contribution is 2.30. The van der Waals surface area contributed by atoms with Gasteiger partial charge in [-0.1, -0.05) is 12.1 Å². The van der Waals surface area contributed by atoms with Crippen LogP contribution in [0.5, 0.6) is 5.75 Å². The molecule has 0 spiro atoms. The molecule has 1 aromatic heterocycles. The first-order valence-corrected chi connectivity index (χ1v) is 11.5. The van der Waals surface area contributed by atoms with Crippen molar-refractivity contribution in [3.8, 4) is 5.75 Å². The number of benzene rings is 2. The minimum absolute atomic E-state index is 0.217. The van der Waals surface area contributed by atoms with Crippen LogP contribution in [-0.2, 0) is 17.9 Å². The van der Waals surface area contributed by atoms with Crippen molar-refractivity contribution in [3.63, 3.8) is 0 Å². The van der Waals surface area contributed by atoms with Gasteiger partial charge >= 0.3 is 0 Å². The Balaban J connectivity index is 1.19. The molecule has 2 heterocycles. The normalized spacial score (nSPS) is 20.2. The van der Waals surface area contributed by atoms with Gasteiger partial charge in [-0.05, 0) is 49.9 Å². The molecule has 2 aromatic carbocycles. The molecule has 1 aliphatic carbocycles. The summed E-state index contributed by atoms with van der Waals surface area (Å²) in [5.74, 6) is 2.11. The summed E-state index contributed by atoms with van der Waals surface area (Å²) < 4.78 is 24.9. The highest BCUT2D eigenvalue weighted by Gasteiger charge is 2.23. The topological polar surface area (TPSA) is 71.5 Å². The molecule has 7 nitrogen and oxygen atoms in total. The van der Waals surface area contributed by atoms with E-state index in [1.54, 1.807) is 6.07 Å². The molecule has 0 unspecified atom stereocenters. The number of fused-ring (bicyclic) bond motifs is 2. The average Bonchev–Trinajstić information content (AvgIpc) is 2.82. The zero-order valence-corrected chi connectivity index (χ0v) is 19.1. The fourth-order valence-corrected chi connectivity index (χ4v) is 4.73. The number of hydrogen-bond donors (Lipinski definition) is 2. The smallest absolute Gasteiger partial charge is 0.225 e. The van der Waals surface area contributed by atoms with Gasteiger partial charge in [0.15, 0.2) is 6.79 Å². The van der Waals surface area contributed by atoms with Crippen molar-refractivity contribution >= 4 is 22.7 Å². The molecule has 0 atom stereocenters. The van der Waals surface area contributed by atoms with Gasteiger partial charge in [0.1, 0.15) is 17.4 Å². The van der Waals surface area contributed by atoms with Gasteiger partial charge in [0.2, 0.25) is 5.95 Å². The number of nitrogens with zero attached hydrogens (tertiary/aromatic N) is 3. The van der Waals surface area contributed by atoms with E-state index in [1.807, 2.05) is 37.2 Å². The van der Waals surface area contributed by atoms with Gasteiger partial charge in [0.25, 0.3) is 0 Å². The first kappa shape index (κ1) is 21.9.